The van der Waals surface area contributed by atoms with E-state index in [9.17, 15) is 4.79 Å². The van der Waals surface area contributed by atoms with Crippen LogP contribution in [0.15, 0.2) is 24.3 Å². The van der Waals surface area contributed by atoms with Gasteiger partial charge in [-0.1, -0.05) is 37.4 Å². The summed E-state index contributed by atoms with van der Waals surface area (Å²) in [5.74, 6) is 0.0986. The zero-order valence-electron chi connectivity index (χ0n) is 12.1. The molecule has 110 valence electrons. The molecule has 20 heavy (non-hydrogen) atoms. The number of anilines is 1. The fourth-order valence-corrected chi connectivity index (χ4v) is 3.16. The van der Waals surface area contributed by atoms with Crippen molar-refractivity contribution >= 4 is 23.3 Å². The predicted octanol–water partition coefficient (Wildman–Crippen LogP) is 4.26. The van der Waals surface area contributed by atoms with Gasteiger partial charge >= 0.3 is 5.97 Å². The van der Waals surface area contributed by atoms with Gasteiger partial charge in [0, 0.05) is 10.7 Å². The molecule has 3 nitrogen and oxygen atoms in total. The highest BCUT2D eigenvalue weighted by Crippen LogP contribution is 2.37. The molecule has 0 aromatic heterocycles. The van der Waals surface area contributed by atoms with Crippen LogP contribution in [0.25, 0.3) is 0 Å². The van der Waals surface area contributed by atoms with E-state index in [1.807, 2.05) is 31.2 Å². The molecule has 2 unspecified atom stereocenters. The Morgan fingerprint density at radius 1 is 1.50 bits per heavy atom. The van der Waals surface area contributed by atoms with Crippen molar-refractivity contribution in [3.8, 4) is 0 Å². The summed E-state index contributed by atoms with van der Waals surface area (Å²) >= 11 is 6.03. The number of ether oxygens (including phenoxy) is 1. The number of benzene rings is 1. The van der Waals surface area contributed by atoms with Gasteiger partial charge in [0.2, 0.25) is 0 Å². The van der Waals surface area contributed by atoms with Crippen LogP contribution in [0, 0.1) is 5.92 Å². The number of carbonyl (C=O) groups is 1. The SMILES string of the molecule is CCOC(=O)C1(Nc2cccc(Cl)c2)CCCCC1C. The van der Waals surface area contributed by atoms with Crippen molar-refractivity contribution in [2.24, 2.45) is 5.92 Å². The molecule has 2 rings (SSSR count). The molecule has 1 aliphatic carbocycles. The van der Waals surface area contributed by atoms with E-state index in [-0.39, 0.29) is 11.9 Å². The van der Waals surface area contributed by atoms with Crippen molar-refractivity contribution in [2.45, 2.75) is 45.1 Å². The second-order valence-electron chi connectivity index (χ2n) is 5.47. The van der Waals surface area contributed by atoms with E-state index < -0.39 is 5.54 Å². The fraction of sp³-hybridized carbons (Fsp3) is 0.562. The molecule has 0 bridgehead atoms. The van der Waals surface area contributed by atoms with Crippen LogP contribution < -0.4 is 5.32 Å². The molecule has 0 amide bonds. The molecule has 1 aliphatic rings. The second-order valence-corrected chi connectivity index (χ2v) is 5.91. The Hall–Kier alpha value is -1.22. The maximum absolute atomic E-state index is 12.5. The standard InChI is InChI=1S/C16H22ClNO2/c1-3-20-15(19)16(10-5-4-7-12(16)2)18-14-9-6-8-13(17)11-14/h6,8-9,11-12,18H,3-5,7,10H2,1-2H3. The normalized spacial score (nSPS) is 26.1. The smallest absolute Gasteiger partial charge is 0.332 e. The van der Waals surface area contributed by atoms with Gasteiger partial charge in [0.05, 0.1) is 6.61 Å². The zero-order chi connectivity index (χ0) is 14.6. The molecule has 0 saturated heterocycles. The van der Waals surface area contributed by atoms with Gasteiger partial charge in [0.1, 0.15) is 5.54 Å². The van der Waals surface area contributed by atoms with Gasteiger partial charge in [-0.05, 0) is 43.9 Å². The Bertz CT molecular complexity index is 477. The molecule has 2 atom stereocenters. The lowest BCUT2D eigenvalue weighted by molar-refractivity contribution is -0.151. The Morgan fingerprint density at radius 2 is 2.30 bits per heavy atom. The predicted molar refractivity (Wildman–Crippen MR) is 82.1 cm³/mol. The van der Waals surface area contributed by atoms with Crippen LogP contribution in [0.3, 0.4) is 0 Å². The first-order valence-corrected chi connectivity index (χ1v) is 7.67. The highest BCUT2D eigenvalue weighted by molar-refractivity contribution is 6.30. The van der Waals surface area contributed by atoms with Crippen LogP contribution in [0.5, 0.6) is 0 Å². The zero-order valence-corrected chi connectivity index (χ0v) is 12.9. The molecule has 1 N–H and O–H groups in total. The summed E-state index contributed by atoms with van der Waals surface area (Å²) in [5.41, 5.74) is 0.248. The van der Waals surface area contributed by atoms with Crippen LogP contribution in [-0.4, -0.2) is 18.1 Å². The molecular weight excluding hydrogens is 274 g/mol. The van der Waals surface area contributed by atoms with Crippen molar-refractivity contribution in [3.63, 3.8) is 0 Å². The van der Waals surface area contributed by atoms with Gasteiger partial charge in [0.15, 0.2) is 0 Å². The molecule has 1 aromatic carbocycles. The molecule has 0 aliphatic heterocycles. The number of halogens is 1. The summed E-state index contributed by atoms with van der Waals surface area (Å²) in [7, 11) is 0. The van der Waals surface area contributed by atoms with Gasteiger partial charge in [-0.25, -0.2) is 4.79 Å². The van der Waals surface area contributed by atoms with Crippen LogP contribution in [0.4, 0.5) is 5.69 Å². The summed E-state index contributed by atoms with van der Waals surface area (Å²) < 4.78 is 5.32. The van der Waals surface area contributed by atoms with E-state index in [2.05, 4.69) is 12.2 Å². The van der Waals surface area contributed by atoms with E-state index in [1.54, 1.807) is 0 Å². The van der Waals surface area contributed by atoms with Gasteiger partial charge in [-0.2, -0.15) is 0 Å². The third-order valence-electron chi connectivity index (χ3n) is 4.13. The van der Waals surface area contributed by atoms with Crippen LogP contribution in [0.2, 0.25) is 5.02 Å². The minimum atomic E-state index is -0.626. The number of hydrogen-bond donors (Lipinski definition) is 1. The minimum absolute atomic E-state index is 0.146. The number of carbonyl (C=O) groups excluding carboxylic acids is 1. The lowest BCUT2D eigenvalue weighted by Crippen LogP contribution is -2.54. The van der Waals surface area contributed by atoms with Gasteiger partial charge in [0.25, 0.3) is 0 Å². The van der Waals surface area contributed by atoms with Crippen molar-refractivity contribution < 1.29 is 9.53 Å². The van der Waals surface area contributed by atoms with Crippen molar-refractivity contribution in [1.29, 1.82) is 0 Å². The number of nitrogens with one attached hydrogen (secondary N) is 1. The average Bonchev–Trinajstić information content (AvgIpc) is 2.42. The summed E-state index contributed by atoms with van der Waals surface area (Å²) in [5, 5.41) is 4.07. The monoisotopic (exact) mass is 295 g/mol. The van der Waals surface area contributed by atoms with E-state index in [4.69, 9.17) is 16.3 Å². The first kappa shape index (κ1) is 15.2. The van der Waals surface area contributed by atoms with Crippen molar-refractivity contribution in [2.75, 3.05) is 11.9 Å². The molecule has 1 fully saturated rings. The Kier molecular flexibility index (Phi) is 4.92. The first-order chi connectivity index (χ1) is 9.58. The molecule has 0 radical (unpaired) electrons. The quantitative estimate of drug-likeness (QED) is 0.843. The number of rotatable bonds is 4. The molecule has 0 heterocycles. The van der Waals surface area contributed by atoms with E-state index in [0.29, 0.717) is 11.6 Å². The summed E-state index contributed by atoms with van der Waals surface area (Å²) in [6.45, 7) is 4.37. The topological polar surface area (TPSA) is 38.3 Å². The maximum Gasteiger partial charge on any atom is 0.332 e. The lowest BCUT2D eigenvalue weighted by Gasteiger charge is -2.41. The molecular formula is C16H22ClNO2. The lowest BCUT2D eigenvalue weighted by atomic mass is 9.73. The number of hydrogen-bond acceptors (Lipinski definition) is 3. The van der Waals surface area contributed by atoms with E-state index >= 15 is 0 Å². The molecule has 0 spiro atoms. The Labute approximate surface area is 125 Å². The average molecular weight is 296 g/mol. The summed E-state index contributed by atoms with van der Waals surface area (Å²) in [6, 6.07) is 7.50. The Morgan fingerprint density at radius 3 is 2.95 bits per heavy atom. The summed E-state index contributed by atoms with van der Waals surface area (Å²) in [6.07, 6.45) is 4.04. The molecule has 1 aromatic rings. The van der Waals surface area contributed by atoms with E-state index in [0.717, 1.165) is 24.9 Å². The molecule has 1 saturated carbocycles. The third-order valence-corrected chi connectivity index (χ3v) is 4.37. The van der Waals surface area contributed by atoms with Crippen molar-refractivity contribution in [3.05, 3.63) is 29.3 Å². The first-order valence-electron chi connectivity index (χ1n) is 7.29. The molecule has 4 heteroatoms. The van der Waals surface area contributed by atoms with Crippen LogP contribution in [0.1, 0.15) is 39.5 Å². The van der Waals surface area contributed by atoms with E-state index in [1.165, 1.54) is 6.42 Å². The van der Waals surface area contributed by atoms with Crippen LogP contribution in [-0.2, 0) is 9.53 Å². The maximum atomic E-state index is 12.5. The third kappa shape index (κ3) is 3.09. The highest BCUT2D eigenvalue weighted by Gasteiger charge is 2.46. The fourth-order valence-electron chi connectivity index (χ4n) is 2.97. The van der Waals surface area contributed by atoms with Gasteiger partial charge < -0.3 is 10.1 Å². The second kappa shape index (κ2) is 6.49. The van der Waals surface area contributed by atoms with Gasteiger partial charge in [-0.3, -0.25) is 0 Å². The van der Waals surface area contributed by atoms with Crippen molar-refractivity contribution in [1.82, 2.24) is 0 Å². The van der Waals surface area contributed by atoms with Crippen LogP contribution >= 0.6 is 11.6 Å². The van der Waals surface area contributed by atoms with Gasteiger partial charge in [-0.15, -0.1) is 0 Å². The minimum Gasteiger partial charge on any atom is -0.464 e. The largest absolute Gasteiger partial charge is 0.464 e. The number of esters is 1. The summed E-state index contributed by atoms with van der Waals surface area (Å²) in [4.78, 5) is 12.5. The Balaban J connectivity index is 2.28. The highest BCUT2D eigenvalue weighted by atomic mass is 35.5.